The number of likely N-dealkylation sites (tertiary alicyclic amines) is 1. The van der Waals surface area contributed by atoms with Crippen molar-refractivity contribution in [1.82, 2.24) is 4.90 Å². The minimum Gasteiger partial charge on any atom is -0.472 e. The molecular formula is C15H15NO2. The summed E-state index contributed by atoms with van der Waals surface area (Å²) < 4.78 is 4.96. The first-order valence-electron chi connectivity index (χ1n) is 6.21. The van der Waals surface area contributed by atoms with Crippen LogP contribution >= 0.6 is 0 Å². The van der Waals surface area contributed by atoms with Gasteiger partial charge in [-0.2, -0.15) is 0 Å². The van der Waals surface area contributed by atoms with Gasteiger partial charge in [-0.25, -0.2) is 0 Å². The zero-order valence-corrected chi connectivity index (χ0v) is 10.1. The SMILES string of the molecule is O=C(c1ccoc1)N1CC[C@@H](c2ccccc2)C1. The predicted molar refractivity (Wildman–Crippen MR) is 68.4 cm³/mol. The molecule has 18 heavy (non-hydrogen) atoms. The van der Waals surface area contributed by atoms with Crippen molar-refractivity contribution >= 4 is 5.91 Å². The van der Waals surface area contributed by atoms with Crippen molar-refractivity contribution in [3.63, 3.8) is 0 Å². The van der Waals surface area contributed by atoms with Crippen molar-refractivity contribution in [3.05, 3.63) is 60.1 Å². The highest BCUT2D eigenvalue weighted by Gasteiger charge is 2.28. The molecule has 1 amide bonds. The molecular weight excluding hydrogens is 226 g/mol. The molecule has 0 N–H and O–H groups in total. The van der Waals surface area contributed by atoms with Crippen LogP contribution in [0.15, 0.2) is 53.3 Å². The summed E-state index contributed by atoms with van der Waals surface area (Å²) in [5.41, 5.74) is 1.96. The minimum absolute atomic E-state index is 0.0715. The van der Waals surface area contributed by atoms with Gasteiger partial charge in [0.2, 0.25) is 0 Å². The summed E-state index contributed by atoms with van der Waals surface area (Å²) in [6.07, 6.45) is 4.09. The Morgan fingerprint density at radius 1 is 1.22 bits per heavy atom. The molecule has 0 spiro atoms. The van der Waals surface area contributed by atoms with Gasteiger partial charge in [-0.15, -0.1) is 0 Å². The zero-order chi connectivity index (χ0) is 12.4. The molecule has 3 heteroatoms. The van der Waals surface area contributed by atoms with E-state index in [1.807, 2.05) is 11.0 Å². The van der Waals surface area contributed by atoms with E-state index in [4.69, 9.17) is 4.42 Å². The Hall–Kier alpha value is -2.03. The molecule has 3 rings (SSSR count). The molecule has 1 saturated heterocycles. The molecule has 1 aromatic carbocycles. The van der Waals surface area contributed by atoms with Gasteiger partial charge in [0, 0.05) is 19.0 Å². The molecule has 1 aromatic heterocycles. The quantitative estimate of drug-likeness (QED) is 0.810. The highest BCUT2D eigenvalue weighted by Crippen LogP contribution is 2.27. The molecule has 2 aromatic rings. The van der Waals surface area contributed by atoms with E-state index in [0.717, 1.165) is 19.5 Å². The van der Waals surface area contributed by atoms with Crippen LogP contribution in [0.1, 0.15) is 28.3 Å². The van der Waals surface area contributed by atoms with E-state index in [9.17, 15) is 4.79 Å². The number of carbonyl (C=O) groups excluding carboxylic acids is 1. The molecule has 1 fully saturated rings. The lowest BCUT2D eigenvalue weighted by Gasteiger charge is -2.15. The van der Waals surface area contributed by atoms with Gasteiger partial charge in [-0.1, -0.05) is 30.3 Å². The minimum atomic E-state index is 0.0715. The van der Waals surface area contributed by atoms with Crippen molar-refractivity contribution < 1.29 is 9.21 Å². The molecule has 3 nitrogen and oxygen atoms in total. The van der Waals surface area contributed by atoms with E-state index >= 15 is 0 Å². The van der Waals surface area contributed by atoms with Crippen LogP contribution in [-0.4, -0.2) is 23.9 Å². The summed E-state index contributed by atoms with van der Waals surface area (Å²) in [6, 6.07) is 12.1. The maximum atomic E-state index is 12.2. The standard InChI is InChI=1S/C15H15NO2/c17-15(14-7-9-18-11-14)16-8-6-13(10-16)12-4-2-1-3-5-12/h1-5,7,9,11,13H,6,8,10H2/t13-/m1/s1. The Bertz CT molecular complexity index is 519. The molecule has 0 radical (unpaired) electrons. The fourth-order valence-electron chi connectivity index (χ4n) is 2.51. The molecule has 92 valence electrons. The van der Waals surface area contributed by atoms with E-state index in [2.05, 4.69) is 24.3 Å². The topological polar surface area (TPSA) is 33.5 Å². The van der Waals surface area contributed by atoms with Gasteiger partial charge in [0.1, 0.15) is 6.26 Å². The lowest BCUT2D eigenvalue weighted by molar-refractivity contribution is 0.0790. The summed E-state index contributed by atoms with van der Waals surface area (Å²) in [7, 11) is 0. The second-order valence-corrected chi connectivity index (χ2v) is 4.66. The number of hydrogen-bond donors (Lipinski definition) is 0. The molecule has 0 saturated carbocycles. The van der Waals surface area contributed by atoms with Crippen LogP contribution in [0.25, 0.3) is 0 Å². The fourth-order valence-corrected chi connectivity index (χ4v) is 2.51. The molecule has 1 aliphatic heterocycles. The first-order chi connectivity index (χ1) is 8.84. The molecule has 2 heterocycles. The van der Waals surface area contributed by atoms with Crippen LogP contribution in [0.3, 0.4) is 0 Å². The molecule has 1 aliphatic rings. The van der Waals surface area contributed by atoms with Gasteiger partial charge in [-0.05, 0) is 18.1 Å². The summed E-state index contributed by atoms with van der Waals surface area (Å²) >= 11 is 0. The van der Waals surface area contributed by atoms with Gasteiger partial charge in [-0.3, -0.25) is 4.79 Å². The number of nitrogens with zero attached hydrogens (tertiary/aromatic N) is 1. The van der Waals surface area contributed by atoms with E-state index in [-0.39, 0.29) is 5.91 Å². The average Bonchev–Trinajstić information content (AvgIpc) is 3.10. The fraction of sp³-hybridized carbons (Fsp3) is 0.267. The van der Waals surface area contributed by atoms with Crippen molar-refractivity contribution in [3.8, 4) is 0 Å². The van der Waals surface area contributed by atoms with E-state index in [1.165, 1.54) is 18.1 Å². The second-order valence-electron chi connectivity index (χ2n) is 4.66. The van der Waals surface area contributed by atoms with E-state index < -0.39 is 0 Å². The Kier molecular flexibility index (Phi) is 2.89. The van der Waals surface area contributed by atoms with Crippen LogP contribution in [0.2, 0.25) is 0 Å². The van der Waals surface area contributed by atoms with Crippen molar-refractivity contribution in [2.45, 2.75) is 12.3 Å². The second kappa shape index (κ2) is 4.69. The highest BCUT2D eigenvalue weighted by atomic mass is 16.3. The smallest absolute Gasteiger partial charge is 0.257 e. The summed E-state index contributed by atoms with van der Waals surface area (Å²) in [6.45, 7) is 1.62. The lowest BCUT2D eigenvalue weighted by Crippen LogP contribution is -2.28. The van der Waals surface area contributed by atoms with E-state index in [0.29, 0.717) is 11.5 Å². The number of hydrogen-bond acceptors (Lipinski definition) is 2. The van der Waals surface area contributed by atoms with Crippen molar-refractivity contribution in [1.29, 1.82) is 0 Å². The maximum absolute atomic E-state index is 12.2. The zero-order valence-electron chi connectivity index (χ0n) is 10.1. The Morgan fingerprint density at radius 3 is 2.78 bits per heavy atom. The number of furan rings is 1. The monoisotopic (exact) mass is 241 g/mol. The third-order valence-corrected chi connectivity index (χ3v) is 3.51. The molecule has 0 unspecified atom stereocenters. The van der Waals surface area contributed by atoms with Gasteiger partial charge in [0.05, 0.1) is 11.8 Å². The summed E-state index contributed by atoms with van der Waals surface area (Å²) in [5.74, 6) is 0.532. The largest absolute Gasteiger partial charge is 0.472 e. The highest BCUT2D eigenvalue weighted by molar-refractivity contribution is 5.94. The Balaban J connectivity index is 1.71. The van der Waals surface area contributed by atoms with Gasteiger partial charge in [0.15, 0.2) is 0 Å². The number of amides is 1. The molecule has 0 aliphatic carbocycles. The summed E-state index contributed by atoms with van der Waals surface area (Å²) in [5, 5.41) is 0. The van der Waals surface area contributed by atoms with Crippen LogP contribution in [0.4, 0.5) is 0 Å². The van der Waals surface area contributed by atoms with E-state index in [1.54, 1.807) is 6.07 Å². The third kappa shape index (κ3) is 2.04. The van der Waals surface area contributed by atoms with Crippen molar-refractivity contribution in [2.75, 3.05) is 13.1 Å². The van der Waals surface area contributed by atoms with Crippen LogP contribution in [0, 0.1) is 0 Å². The van der Waals surface area contributed by atoms with Crippen LogP contribution in [-0.2, 0) is 0 Å². The number of benzene rings is 1. The lowest BCUT2D eigenvalue weighted by atomic mass is 9.99. The van der Waals surface area contributed by atoms with Crippen LogP contribution in [0.5, 0.6) is 0 Å². The predicted octanol–water partition coefficient (Wildman–Crippen LogP) is 2.91. The third-order valence-electron chi connectivity index (χ3n) is 3.51. The number of rotatable bonds is 2. The Morgan fingerprint density at radius 2 is 2.06 bits per heavy atom. The molecule has 0 bridgehead atoms. The Labute approximate surface area is 106 Å². The average molecular weight is 241 g/mol. The summed E-state index contributed by atoms with van der Waals surface area (Å²) in [4.78, 5) is 14.1. The first kappa shape index (κ1) is 11.1. The maximum Gasteiger partial charge on any atom is 0.257 e. The van der Waals surface area contributed by atoms with Gasteiger partial charge < -0.3 is 9.32 Å². The normalized spacial score (nSPS) is 19.1. The number of carbonyl (C=O) groups is 1. The van der Waals surface area contributed by atoms with Crippen LogP contribution < -0.4 is 0 Å². The van der Waals surface area contributed by atoms with Gasteiger partial charge in [0.25, 0.3) is 5.91 Å². The first-order valence-corrected chi connectivity index (χ1v) is 6.21. The van der Waals surface area contributed by atoms with Gasteiger partial charge >= 0.3 is 0 Å². The van der Waals surface area contributed by atoms with Crippen molar-refractivity contribution in [2.24, 2.45) is 0 Å². The molecule has 1 atom stereocenters.